The van der Waals surface area contributed by atoms with Gasteiger partial charge < -0.3 is 19.1 Å². The number of para-hydroxylation sites is 1. The summed E-state index contributed by atoms with van der Waals surface area (Å²) in [7, 11) is 3.17. The van der Waals surface area contributed by atoms with E-state index in [9.17, 15) is 9.59 Å². The van der Waals surface area contributed by atoms with Crippen LogP contribution in [0.15, 0.2) is 24.3 Å². The Labute approximate surface area is 177 Å². The van der Waals surface area contributed by atoms with Gasteiger partial charge in [0.05, 0.1) is 24.3 Å². The van der Waals surface area contributed by atoms with E-state index in [2.05, 4.69) is 0 Å². The summed E-state index contributed by atoms with van der Waals surface area (Å²) in [6.07, 6.45) is 4.88. The van der Waals surface area contributed by atoms with Crippen LogP contribution in [0.2, 0.25) is 0 Å². The lowest BCUT2D eigenvalue weighted by Crippen LogP contribution is -2.39. The third-order valence-corrected chi connectivity index (χ3v) is 5.43. The molecule has 0 bridgehead atoms. The molecular formula is C23H30N2O5. The third-order valence-electron chi connectivity index (χ3n) is 5.43. The summed E-state index contributed by atoms with van der Waals surface area (Å²) in [6, 6.07) is 7.63. The van der Waals surface area contributed by atoms with Crippen molar-refractivity contribution < 1.29 is 23.8 Å². The van der Waals surface area contributed by atoms with E-state index in [1.165, 1.54) is 0 Å². The van der Waals surface area contributed by atoms with Gasteiger partial charge in [-0.25, -0.2) is 4.79 Å². The first kappa shape index (κ1) is 22.2. The van der Waals surface area contributed by atoms with Gasteiger partial charge >= 0.3 is 5.97 Å². The van der Waals surface area contributed by atoms with Gasteiger partial charge in [-0.15, -0.1) is 0 Å². The molecule has 0 radical (unpaired) electrons. The number of esters is 1. The quantitative estimate of drug-likeness (QED) is 0.464. The highest BCUT2D eigenvalue weighted by molar-refractivity contribution is 6.05. The zero-order valence-electron chi connectivity index (χ0n) is 17.8. The van der Waals surface area contributed by atoms with Gasteiger partial charge in [0.25, 0.3) is 5.91 Å². The summed E-state index contributed by atoms with van der Waals surface area (Å²) in [4.78, 5) is 32.1. The minimum Gasteiger partial charge on any atom is -0.452 e. The number of hydrogen-bond acceptors (Lipinski definition) is 6. The molecule has 3 rings (SSSR count). The molecule has 0 saturated heterocycles. The first-order valence-corrected chi connectivity index (χ1v) is 10.5. The van der Waals surface area contributed by atoms with E-state index < -0.39 is 5.97 Å². The van der Waals surface area contributed by atoms with Gasteiger partial charge in [0, 0.05) is 38.4 Å². The normalized spacial score (nSPS) is 13.5. The van der Waals surface area contributed by atoms with Gasteiger partial charge in [-0.05, 0) is 37.3 Å². The minimum absolute atomic E-state index is 0.262. The van der Waals surface area contributed by atoms with Crippen molar-refractivity contribution in [3.8, 4) is 0 Å². The molecule has 1 aromatic carbocycles. The summed E-state index contributed by atoms with van der Waals surface area (Å²) in [5.74, 6) is -0.722. The van der Waals surface area contributed by atoms with Crippen molar-refractivity contribution in [1.29, 1.82) is 0 Å². The van der Waals surface area contributed by atoms with Crippen molar-refractivity contribution in [3.63, 3.8) is 0 Å². The van der Waals surface area contributed by atoms with E-state index in [0.29, 0.717) is 31.9 Å². The number of benzene rings is 1. The fourth-order valence-corrected chi connectivity index (χ4v) is 3.84. The fourth-order valence-electron chi connectivity index (χ4n) is 3.84. The molecule has 0 spiro atoms. The van der Waals surface area contributed by atoms with Gasteiger partial charge in [-0.3, -0.25) is 9.78 Å². The number of methoxy groups -OCH3 is 2. The summed E-state index contributed by atoms with van der Waals surface area (Å²) < 4.78 is 15.6. The van der Waals surface area contributed by atoms with E-state index in [1.807, 2.05) is 24.3 Å². The molecule has 7 nitrogen and oxygen atoms in total. The molecule has 0 aliphatic heterocycles. The molecule has 0 fully saturated rings. The molecule has 7 heteroatoms. The van der Waals surface area contributed by atoms with Crippen LogP contribution >= 0.6 is 0 Å². The molecule has 0 saturated carbocycles. The number of rotatable bonds is 9. The minimum atomic E-state index is -0.460. The Morgan fingerprint density at radius 1 is 1.00 bits per heavy atom. The van der Waals surface area contributed by atoms with Gasteiger partial charge in [-0.1, -0.05) is 24.6 Å². The highest BCUT2D eigenvalue weighted by Gasteiger charge is 2.24. The van der Waals surface area contributed by atoms with Crippen LogP contribution in [0.1, 0.15) is 40.9 Å². The molecule has 0 N–H and O–H groups in total. The maximum atomic E-state index is 13.1. The zero-order chi connectivity index (χ0) is 21.3. The lowest BCUT2D eigenvalue weighted by molar-refractivity contribution is -0.135. The molecule has 30 heavy (non-hydrogen) atoms. The van der Waals surface area contributed by atoms with Crippen LogP contribution in [-0.4, -0.2) is 68.9 Å². The number of amides is 1. The maximum absolute atomic E-state index is 13.1. The second kappa shape index (κ2) is 11.0. The van der Waals surface area contributed by atoms with Crippen molar-refractivity contribution in [2.75, 3.05) is 47.1 Å². The Bertz CT molecular complexity index is 875. The summed E-state index contributed by atoms with van der Waals surface area (Å²) in [5.41, 5.74) is 3.30. The number of aryl methyl sites for hydroxylation is 1. The molecule has 162 valence electrons. The van der Waals surface area contributed by atoms with Crippen LogP contribution in [0.25, 0.3) is 10.9 Å². The van der Waals surface area contributed by atoms with Crippen LogP contribution in [0, 0.1) is 0 Å². The first-order valence-electron chi connectivity index (χ1n) is 10.5. The average Bonchev–Trinajstić information content (AvgIpc) is 3.00. The molecule has 1 aliphatic carbocycles. The van der Waals surface area contributed by atoms with Crippen LogP contribution in [0.5, 0.6) is 0 Å². The Morgan fingerprint density at radius 3 is 2.43 bits per heavy atom. The summed E-state index contributed by atoms with van der Waals surface area (Å²) in [6.45, 7) is 1.35. The molecule has 0 atom stereocenters. The number of aromatic nitrogens is 1. The number of hydrogen-bond donors (Lipinski definition) is 0. The van der Waals surface area contributed by atoms with E-state index in [1.54, 1.807) is 19.1 Å². The molecule has 1 aromatic heterocycles. The van der Waals surface area contributed by atoms with Crippen LogP contribution in [0.3, 0.4) is 0 Å². The monoisotopic (exact) mass is 414 g/mol. The number of nitrogens with zero attached hydrogens (tertiary/aromatic N) is 2. The Kier molecular flexibility index (Phi) is 8.16. The van der Waals surface area contributed by atoms with Gasteiger partial charge in [0.1, 0.15) is 0 Å². The smallest absolute Gasteiger partial charge is 0.339 e. The zero-order valence-corrected chi connectivity index (χ0v) is 17.8. The second-order valence-corrected chi connectivity index (χ2v) is 7.43. The predicted molar refractivity (Wildman–Crippen MR) is 114 cm³/mol. The number of carbonyl (C=O) groups is 2. The lowest BCUT2D eigenvalue weighted by atomic mass is 9.97. The van der Waals surface area contributed by atoms with Gasteiger partial charge in [0.15, 0.2) is 6.61 Å². The molecule has 1 aliphatic rings. The van der Waals surface area contributed by atoms with Crippen LogP contribution in [0.4, 0.5) is 0 Å². The van der Waals surface area contributed by atoms with Gasteiger partial charge in [-0.2, -0.15) is 0 Å². The topological polar surface area (TPSA) is 78.0 Å². The predicted octanol–water partition coefficient (Wildman–Crippen LogP) is 2.78. The molecule has 1 heterocycles. The van der Waals surface area contributed by atoms with Crippen molar-refractivity contribution in [1.82, 2.24) is 9.88 Å². The number of carbonyl (C=O) groups excluding carboxylic acids is 2. The van der Waals surface area contributed by atoms with Crippen LogP contribution in [-0.2, 0) is 31.8 Å². The van der Waals surface area contributed by atoms with Crippen molar-refractivity contribution in [2.24, 2.45) is 0 Å². The Balaban J connectivity index is 1.80. The number of pyridine rings is 1. The lowest BCUT2D eigenvalue weighted by Gasteiger charge is -2.22. The van der Waals surface area contributed by atoms with Crippen molar-refractivity contribution in [2.45, 2.75) is 32.1 Å². The average molecular weight is 415 g/mol. The van der Waals surface area contributed by atoms with Crippen LogP contribution < -0.4 is 0 Å². The fraction of sp³-hybridized carbons (Fsp3) is 0.522. The molecular weight excluding hydrogens is 384 g/mol. The molecule has 1 amide bonds. The molecule has 2 aromatic rings. The highest BCUT2D eigenvalue weighted by atomic mass is 16.5. The first-order chi connectivity index (χ1) is 14.7. The largest absolute Gasteiger partial charge is 0.452 e. The highest BCUT2D eigenvalue weighted by Crippen LogP contribution is 2.29. The van der Waals surface area contributed by atoms with E-state index in [0.717, 1.165) is 54.3 Å². The standard InChI is InChI=1S/C23H30N2O5/c1-28-14-12-25(13-15-29-2)21(26)16-30-23(27)22-17-8-4-3-5-10-19(17)24-20-11-7-6-9-18(20)22/h6-7,9,11H,3-5,8,10,12-16H2,1-2H3. The van der Waals surface area contributed by atoms with E-state index >= 15 is 0 Å². The van der Waals surface area contributed by atoms with E-state index in [4.69, 9.17) is 19.2 Å². The Morgan fingerprint density at radius 2 is 1.70 bits per heavy atom. The SMILES string of the molecule is COCCN(CCOC)C(=O)COC(=O)c1c2c(nc3ccccc13)CCCCC2. The second-order valence-electron chi connectivity index (χ2n) is 7.43. The maximum Gasteiger partial charge on any atom is 0.339 e. The number of ether oxygens (including phenoxy) is 3. The van der Waals surface area contributed by atoms with Gasteiger partial charge in [0.2, 0.25) is 0 Å². The summed E-state index contributed by atoms with van der Waals surface area (Å²) in [5, 5.41) is 0.784. The molecule has 0 unspecified atom stereocenters. The summed E-state index contributed by atoms with van der Waals surface area (Å²) >= 11 is 0. The van der Waals surface area contributed by atoms with Crippen molar-refractivity contribution >= 4 is 22.8 Å². The van der Waals surface area contributed by atoms with E-state index in [-0.39, 0.29) is 12.5 Å². The Hall–Kier alpha value is -2.51. The third kappa shape index (κ3) is 5.34. The van der Waals surface area contributed by atoms with Crippen molar-refractivity contribution in [3.05, 3.63) is 41.1 Å². The number of fused-ring (bicyclic) bond motifs is 2.